The maximum Gasteiger partial charge on any atom is 0.258 e. The van der Waals surface area contributed by atoms with Crippen LogP contribution in [0.5, 0.6) is 11.5 Å². The van der Waals surface area contributed by atoms with Gasteiger partial charge in [-0.05, 0) is 48.7 Å². The number of benzene rings is 2. The second-order valence-electron chi connectivity index (χ2n) is 7.59. The highest BCUT2D eigenvalue weighted by Crippen LogP contribution is 2.40. The van der Waals surface area contributed by atoms with E-state index in [1.807, 2.05) is 31.2 Å². The third-order valence-electron chi connectivity index (χ3n) is 5.68. The molecule has 0 saturated carbocycles. The van der Waals surface area contributed by atoms with E-state index >= 15 is 0 Å². The Hall–Kier alpha value is -3.69. The van der Waals surface area contributed by atoms with E-state index < -0.39 is 5.92 Å². The van der Waals surface area contributed by atoms with Gasteiger partial charge in [0, 0.05) is 23.3 Å². The molecule has 0 saturated heterocycles. The fraction of sp³-hybridized carbons (Fsp3) is 0.200. The van der Waals surface area contributed by atoms with E-state index in [4.69, 9.17) is 26.8 Å². The Labute approximate surface area is 191 Å². The van der Waals surface area contributed by atoms with Gasteiger partial charge in [0.1, 0.15) is 23.1 Å². The molecule has 4 rings (SSSR count). The lowest BCUT2D eigenvalue weighted by atomic mass is 9.84. The van der Waals surface area contributed by atoms with Crippen LogP contribution in [0.15, 0.2) is 70.8 Å². The number of pyridine rings is 1. The summed E-state index contributed by atoms with van der Waals surface area (Å²) in [5.74, 6) is 0.549. The molecule has 162 valence electrons. The van der Waals surface area contributed by atoms with Crippen molar-refractivity contribution in [3.63, 3.8) is 0 Å². The molecule has 0 bridgehead atoms. The average molecular weight is 448 g/mol. The van der Waals surface area contributed by atoms with E-state index in [-0.39, 0.29) is 17.0 Å². The molecule has 0 fully saturated rings. The molecule has 32 heavy (non-hydrogen) atoms. The van der Waals surface area contributed by atoms with Crippen molar-refractivity contribution in [1.29, 1.82) is 5.26 Å². The quantitative estimate of drug-likeness (QED) is 0.630. The van der Waals surface area contributed by atoms with Gasteiger partial charge in [-0.3, -0.25) is 4.79 Å². The number of methoxy groups -OCH3 is 1. The smallest absolute Gasteiger partial charge is 0.258 e. The summed E-state index contributed by atoms with van der Waals surface area (Å²) in [5.41, 5.74) is 9.05. The molecular weight excluding hydrogens is 426 g/mol. The van der Waals surface area contributed by atoms with Crippen molar-refractivity contribution < 1.29 is 9.47 Å². The van der Waals surface area contributed by atoms with Gasteiger partial charge in [-0.2, -0.15) is 5.26 Å². The molecule has 6 nitrogen and oxygen atoms in total. The van der Waals surface area contributed by atoms with Crippen LogP contribution in [-0.2, 0) is 13.0 Å². The minimum Gasteiger partial charge on any atom is -0.497 e. The predicted octanol–water partition coefficient (Wildman–Crippen LogP) is 4.28. The summed E-state index contributed by atoms with van der Waals surface area (Å²) in [7, 11) is 1.63. The third-order valence-corrected chi connectivity index (χ3v) is 5.93. The zero-order valence-electron chi connectivity index (χ0n) is 17.8. The molecule has 7 heteroatoms. The van der Waals surface area contributed by atoms with E-state index in [2.05, 4.69) is 6.07 Å². The number of ether oxygens (including phenoxy) is 2. The van der Waals surface area contributed by atoms with Crippen molar-refractivity contribution in [2.75, 3.05) is 7.11 Å². The van der Waals surface area contributed by atoms with E-state index in [9.17, 15) is 10.1 Å². The molecule has 3 aromatic rings. The van der Waals surface area contributed by atoms with Gasteiger partial charge in [-0.1, -0.05) is 35.9 Å². The molecule has 2 heterocycles. The van der Waals surface area contributed by atoms with Gasteiger partial charge >= 0.3 is 0 Å². The summed E-state index contributed by atoms with van der Waals surface area (Å²) in [5, 5.41) is 10.3. The zero-order chi connectivity index (χ0) is 22.8. The van der Waals surface area contributed by atoms with Crippen LogP contribution in [0.2, 0.25) is 5.02 Å². The van der Waals surface area contributed by atoms with E-state index in [0.29, 0.717) is 29.3 Å². The summed E-state index contributed by atoms with van der Waals surface area (Å²) in [6, 6.07) is 18.7. The number of nitrogens with zero attached hydrogens (tertiary/aromatic N) is 2. The Bertz CT molecular complexity index is 1290. The van der Waals surface area contributed by atoms with Gasteiger partial charge in [-0.15, -0.1) is 0 Å². The SMILES string of the molecule is COc1ccc(CCn2c(C)cc3c(c2=O)[C@@H](c2ccc(Cl)cc2)C(C#N)=C(N)O3)cc1. The van der Waals surface area contributed by atoms with Crippen molar-refractivity contribution in [2.24, 2.45) is 5.73 Å². The normalized spacial score (nSPS) is 15.0. The topological polar surface area (TPSA) is 90.3 Å². The van der Waals surface area contributed by atoms with E-state index in [1.54, 1.807) is 42.0 Å². The van der Waals surface area contributed by atoms with Crippen LogP contribution in [0, 0.1) is 18.3 Å². The molecule has 0 spiro atoms. The number of aryl methyl sites for hydroxylation is 2. The molecular formula is C25H22ClN3O3. The van der Waals surface area contributed by atoms with Crippen molar-refractivity contribution in [3.05, 3.63) is 104 Å². The molecule has 0 unspecified atom stereocenters. The third kappa shape index (κ3) is 3.95. The fourth-order valence-electron chi connectivity index (χ4n) is 3.99. The second-order valence-corrected chi connectivity index (χ2v) is 8.03. The Morgan fingerprint density at radius 1 is 1.19 bits per heavy atom. The molecule has 2 N–H and O–H groups in total. The van der Waals surface area contributed by atoms with Crippen LogP contribution in [0.4, 0.5) is 0 Å². The number of nitrogens with two attached hydrogens (primary N) is 1. The van der Waals surface area contributed by atoms with Crippen LogP contribution in [-0.4, -0.2) is 11.7 Å². The van der Waals surface area contributed by atoms with Crippen molar-refractivity contribution in [1.82, 2.24) is 4.57 Å². The lowest BCUT2D eigenvalue weighted by Gasteiger charge is -2.27. The first-order valence-corrected chi connectivity index (χ1v) is 10.5. The van der Waals surface area contributed by atoms with Crippen molar-refractivity contribution in [2.45, 2.75) is 25.8 Å². The fourth-order valence-corrected chi connectivity index (χ4v) is 4.11. The minimum absolute atomic E-state index is 0.00901. The lowest BCUT2D eigenvalue weighted by Crippen LogP contribution is -2.33. The van der Waals surface area contributed by atoms with Gasteiger partial charge in [0.25, 0.3) is 5.56 Å². The first kappa shape index (κ1) is 21.5. The van der Waals surface area contributed by atoms with Gasteiger partial charge in [0.15, 0.2) is 0 Å². The van der Waals surface area contributed by atoms with Gasteiger partial charge in [0.05, 0.1) is 18.6 Å². The van der Waals surface area contributed by atoms with Crippen LogP contribution in [0.25, 0.3) is 0 Å². The summed E-state index contributed by atoms with van der Waals surface area (Å²) < 4.78 is 12.6. The van der Waals surface area contributed by atoms with Crippen molar-refractivity contribution >= 4 is 11.6 Å². The molecule has 0 amide bonds. The first-order chi connectivity index (χ1) is 15.4. The molecule has 2 aromatic carbocycles. The number of nitriles is 1. The summed E-state index contributed by atoms with van der Waals surface area (Å²) in [4.78, 5) is 13.6. The maximum absolute atomic E-state index is 13.6. The van der Waals surface area contributed by atoms with E-state index in [0.717, 1.165) is 22.6 Å². The minimum atomic E-state index is -0.624. The van der Waals surface area contributed by atoms with Crippen molar-refractivity contribution in [3.8, 4) is 17.6 Å². The molecule has 1 aromatic heterocycles. The van der Waals surface area contributed by atoms with Crippen LogP contribution in [0.3, 0.4) is 0 Å². The maximum atomic E-state index is 13.6. The highest BCUT2D eigenvalue weighted by molar-refractivity contribution is 6.30. The summed E-state index contributed by atoms with van der Waals surface area (Å²) >= 11 is 6.05. The molecule has 1 aliphatic rings. The average Bonchev–Trinajstić information content (AvgIpc) is 2.79. The molecule has 1 atom stereocenters. The Morgan fingerprint density at radius 2 is 1.88 bits per heavy atom. The second kappa shape index (κ2) is 8.81. The Kier molecular flexibility index (Phi) is 5.93. The summed E-state index contributed by atoms with van der Waals surface area (Å²) in [6.45, 7) is 2.34. The number of halogens is 1. The van der Waals surface area contributed by atoms with Gasteiger partial charge < -0.3 is 19.8 Å². The number of rotatable bonds is 5. The monoisotopic (exact) mass is 447 g/mol. The largest absolute Gasteiger partial charge is 0.497 e. The molecule has 1 aliphatic heterocycles. The Balaban J connectivity index is 1.77. The Morgan fingerprint density at radius 3 is 2.50 bits per heavy atom. The highest BCUT2D eigenvalue weighted by Gasteiger charge is 2.34. The van der Waals surface area contributed by atoms with Crippen LogP contribution < -0.4 is 20.8 Å². The number of allylic oxidation sites excluding steroid dienone is 1. The van der Waals surface area contributed by atoms with Crippen LogP contribution in [0.1, 0.15) is 28.3 Å². The first-order valence-electron chi connectivity index (χ1n) is 10.1. The van der Waals surface area contributed by atoms with Gasteiger partial charge in [-0.25, -0.2) is 0 Å². The number of hydrogen-bond donors (Lipinski definition) is 1. The predicted molar refractivity (Wildman–Crippen MR) is 123 cm³/mol. The van der Waals surface area contributed by atoms with Gasteiger partial charge in [0.2, 0.25) is 5.88 Å². The number of hydrogen-bond acceptors (Lipinski definition) is 5. The van der Waals surface area contributed by atoms with E-state index in [1.165, 1.54) is 0 Å². The zero-order valence-corrected chi connectivity index (χ0v) is 18.5. The highest BCUT2D eigenvalue weighted by atomic mass is 35.5. The standard InChI is InChI=1S/C25H22ClN3O3/c1-15-13-21-23(25(30)29(15)12-11-16-3-9-19(31-2)10-4-16)22(20(14-27)24(28)32-21)17-5-7-18(26)8-6-17/h3-10,13,22H,11-12,28H2,1-2H3/t22-/m0/s1. The summed E-state index contributed by atoms with van der Waals surface area (Å²) in [6.07, 6.45) is 0.666. The number of aromatic nitrogens is 1. The number of fused-ring (bicyclic) bond motifs is 1. The van der Waals surface area contributed by atoms with Crippen LogP contribution >= 0.6 is 11.6 Å². The molecule has 0 radical (unpaired) electrons. The lowest BCUT2D eigenvalue weighted by molar-refractivity contribution is 0.388. The molecule has 0 aliphatic carbocycles.